The lowest BCUT2D eigenvalue weighted by molar-refractivity contribution is 0.152. The number of urea groups is 1. The van der Waals surface area contributed by atoms with Crippen molar-refractivity contribution in [2.45, 2.75) is 38.4 Å². The number of amides is 2. The number of hydrogen-bond donors (Lipinski definition) is 1. The van der Waals surface area contributed by atoms with Gasteiger partial charge in [0.2, 0.25) is 5.95 Å². The molecule has 0 radical (unpaired) electrons. The molecule has 2 saturated heterocycles. The van der Waals surface area contributed by atoms with Gasteiger partial charge in [0, 0.05) is 56.4 Å². The molecule has 0 spiro atoms. The smallest absolute Gasteiger partial charge is 0.317 e. The zero-order chi connectivity index (χ0) is 22.5. The predicted octanol–water partition coefficient (Wildman–Crippen LogP) is 2.89. The maximum absolute atomic E-state index is 12.9. The highest BCUT2D eigenvalue weighted by Gasteiger charge is 2.30. The number of anilines is 1. The van der Waals surface area contributed by atoms with Gasteiger partial charge in [0.05, 0.1) is 18.0 Å². The van der Waals surface area contributed by atoms with Crippen molar-refractivity contribution in [3.63, 3.8) is 0 Å². The number of carbonyl (C=O) groups is 1. The minimum atomic E-state index is 0.00838. The highest BCUT2D eigenvalue weighted by atomic mass is 35.5. The second-order valence-electron chi connectivity index (χ2n) is 8.50. The number of nitriles is 1. The molecule has 1 aromatic heterocycles. The molecule has 0 bridgehead atoms. The van der Waals surface area contributed by atoms with Crippen LogP contribution in [0.3, 0.4) is 0 Å². The number of nitrogens with zero attached hydrogens (tertiary/aromatic N) is 6. The van der Waals surface area contributed by atoms with Gasteiger partial charge in [-0.2, -0.15) is 5.26 Å². The molecule has 2 fully saturated rings. The van der Waals surface area contributed by atoms with E-state index in [1.165, 1.54) is 18.0 Å². The van der Waals surface area contributed by atoms with Crippen molar-refractivity contribution in [3.8, 4) is 6.07 Å². The van der Waals surface area contributed by atoms with Crippen LogP contribution in [0, 0.1) is 11.3 Å². The fourth-order valence-electron chi connectivity index (χ4n) is 4.32. The first kappa shape index (κ1) is 22.3. The molecule has 2 amide bonds. The van der Waals surface area contributed by atoms with Gasteiger partial charge in [0.1, 0.15) is 6.07 Å². The van der Waals surface area contributed by atoms with Gasteiger partial charge in [-0.05, 0) is 37.5 Å². The number of carbonyl (C=O) groups excluding carboxylic acids is 1. The van der Waals surface area contributed by atoms with E-state index in [-0.39, 0.29) is 18.1 Å². The lowest BCUT2D eigenvalue weighted by Gasteiger charge is -2.41. The molecule has 4 rings (SSSR count). The van der Waals surface area contributed by atoms with E-state index >= 15 is 0 Å². The van der Waals surface area contributed by atoms with Crippen LogP contribution in [0.2, 0.25) is 5.02 Å². The van der Waals surface area contributed by atoms with E-state index in [4.69, 9.17) is 16.9 Å². The van der Waals surface area contributed by atoms with Crippen LogP contribution in [-0.2, 0) is 6.54 Å². The summed E-state index contributed by atoms with van der Waals surface area (Å²) < 4.78 is 0. The third-order valence-electron chi connectivity index (χ3n) is 6.17. The van der Waals surface area contributed by atoms with Crippen LogP contribution in [0.5, 0.6) is 0 Å². The average Bonchev–Trinajstić information content (AvgIpc) is 2.81. The van der Waals surface area contributed by atoms with Gasteiger partial charge < -0.3 is 15.1 Å². The average molecular weight is 454 g/mol. The zero-order valence-corrected chi connectivity index (χ0v) is 19.0. The largest absolute Gasteiger partial charge is 0.337 e. The summed E-state index contributed by atoms with van der Waals surface area (Å²) in [6.07, 6.45) is 4.97. The van der Waals surface area contributed by atoms with Gasteiger partial charge in [0.15, 0.2) is 0 Å². The number of hydrogen-bond acceptors (Lipinski definition) is 6. The van der Waals surface area contributed by atoms with Crippen molar-refractivity contribution >= 4 is 23.6 Å². The third-order valence-corrected chi connectivity index (χ3v) is 6.43. The van der Waals surface area contributed by atoms with Crippen molar-refractivity contribution < 1.29 is 4.79 Å². The van der Waals surface area contributed by atoms with Crippen LogP contribution >= 0.6 is 11.6 Å². The molecule has 1 aromatic carbocycles. The Morgan fingerprint density at radius 2 is 1.84 bits per heavy atom. The molecule has 2 aromatic rings. The summed E-state index contributed by atoms with van der Waals surface area (Å²) in [7, 11) is 0. The Morgan fingerprint density at radius 1 is 1.16 bits per heavy atom. The van der Waals surface area contributed by atoms with E-state index in [2.05, 4.69) is 37.2 Å². The Morgan fingerprint density at radius 3 is 2.47 bits per heavy atom. The number of likely N-dealkylation sites (tertiary alicyclic amines) is 1. The molecule has 32 heavy (non-hydrogen) atoms. The number of piperidine rings is 1. The Bertz CT molecular complexity index is 952. The molecule has 0 aliphatic carbocycles. The Balaban J connectivity index is 1.23. The number of rotatable bonds is 4. The molecular weight excluding hydrogens is 426 g/mol. The number of piperazine rings is 1. The van der Waals surface area contributed by atoms with Crippen LogP contribution in [0.25, 0.3) is 0 Å². The normalized spacial score (nSPS) is 20.1. The summed E-state index contributed by atoms with van der Waals surface area (Å²) in [4.78, 5) is 27.8. The second-order valence-corrected chi connectivity index (χ2v) is 8.93. The minimum Gasteiger partial charge on any atom is -0.337 e. The predicted molar refractivity (Wildman–Crippen MR) is 123 cm³/mol. The first-order valence-electron chi connectivity index (χ1n) is 11.0. The van der Waals surface area contributed by atoms with E-state index in [1.54, 1.807) is 0 Å². The van der Waals surface area contributed by atoms with E-state index in [1.807, 2.05) is 30.0 Å². The van der Waals surface area contributed by atoms with Gasteiger partial charge in [-0.3, -0.25) is 4.90 Å². The lowest BCUT2D eigenvalue weighted by atomic mass is 10.0. The van der Waals surface area contributed by atoms with Gasteiger partial charge in [0.25, 0.3) is 0 Å². The Labute approximate surface area is 193 Å². The molecular formula is C23H28ClN7O. The maximum Gasteiger partial charge on any atom is 0.317 e. The second kappa shape index (κ2) is 10.2. The quantitative estimate of drug-likeness (QED) is 0.765. The topological polar surface area (TPSA) is 88.4 Å². The highest BCUT2D eigenvalue weighted by Crippen LogP contribution is 2.18. The van der Waals surface area contributed by atoms with E-state index in [0.717, 1.165) is 37.5 Å². The van der Waals surface area contributed by atoms with Crippen molar-refractivity contribution in [2.24, 2.45) is 0 Å². The molecule has 2 aliphatic heterocycles. The van der Waals surface area contributed by atoms with E-state index in [0.29, 0.717) is 31.1 Å². The van der Waals surface area contributed by atoms with Crippen molar-refractivity contribution in [2.75, 3.05) is 37.6 Å². The molecule has 1 N–H and O–H groups in total. The first-order valence-corrected chi connectivity index (χ1v) is 11.4. The van der Waals surface area contributed by atoms with Crippen molar-refractivity contribution in [1.29, 1.82) is 5.26 Å². The number of aromatic nitrogens is 2. The summed E-state index contributed by atoms with van der Waals surface area (Å²) in [6.45, 7) is 6.84. The lowest BCUT2D eigenvalue weighted by Crippen LogP contribution is -2.58. The summed E-state index contributed by atoms with van der Waals surface area (Å²) >= 11 is 5.97. The van der Waals surface area contributed by atoms with Crippen LogP contribution in [0.4, 0.5) is 10.7 Å². The third kappa shape index (κ3) is 5.47. The summed E-state index contributed by atoms with van der Waals surface area (Å²) in [5, 5.41) is 12.9. The first-order chi connectivity index (χ1) is 15.5. The monoisotopic (exact) mass is 453 g/mol. The van der Waals surface area contributed by atoms with Gasteiger partial charge >= 0.3 is 6.03 Å². The van der Waals surface area contributed by atoms with Crippen LogP contribution < -0.4 is 10.2 Å². The number of halogens is 1. The molecule has 8 nitrogen and oxygen atoms in total. The van der Waals surface area contributed by atoms with Crippen molar-refractivity contribution in [3.05, 3.63) is 52.8 Å². The zero-order valence-electron chi connectivity index (χ0n) is 18.2. The summed E-state index contributed by atoms with van der Waals surface area (Å²) in [6, 6.07) is 10.3. The molecule has 0 unspecified atom stereocenters. The fraction of sp³-hybridized carbons (Fsp3) is 0.478. The highest BCUT2D eigenvalue weighted by molar-refractivity contribution is 6.30. The Hall–Kier alpha value is -2.89. The van der Waals surface area contributed by atoms with E-state index in [9.17, 15) is 4.79 Å². The van der Waals surface area contributed by atoms with Crippen LogP contribution in [0.15, 0.2) is 36.7 Å². The maximum atomic E-state index is 12.9. The fourth-order valence-corrected chi connectivity index (χ4v) is 4.45. The van der Waals surface area contributed by atoms with Crippen molar-refractivity contribution in [1.82, 2.24) is 25.1 Å². The molecule has 2 aliphatic rings. The van der Waals surface area contributed by atoms with Crippen LogP contribution in [-0.4, -0.2) is 70.6 Å². The minimum absolute atomic E-state index is 0.00838. The molecule has 0 saturated carbocycles. The number of benzene rings is 1. The number of nitrogens with one attached hydrogen (secondary N) is 1. The molecule has 9 heteroatoms. The van der Waals surface area contributed by atoms with Crippen LogP contribution in [0.1, 0.15) is 30.9 Å². The summed E-state index contributed by atoms with van der Waals surface area (Å²) in [5.41, 5.74) is 1.70. The summed E-state index contributed by atoms with van der Waals surface area (Å²) in [5.74, 6) is 0.601. The van der Waals surface area contributed by atoms with Gasteiger partial charge in [-0.25, -0.2) is 14.8 Å². The standard InChI is InChI=1S/C23H28ClN7O/c1-17-15-30(22-26-13-19(12-25)14-27-22)10-11-31(17)23(32)28-21-6-8-29(9-7-21)16-18-2-4-20(24)5-3-18/h2-5,13-14,17,21H,6-11,15-16H2,1H3,(H,28,32)/t17-/m1/s1. The SMILES string of the molecule is C[C@@H]1CN(c2ncc(C#N)cn2)CCN1C(=O)NC1CCN(Cc2ccc(Cl)cc2)CC1. The molecule has 3 heterocycles. The Kier molecular flexibility index (Phi) is 7.08. The van der Waals surface area contributed by atoms with Gasteiger partial charge in [-0.15, -0.1) is 0 Å². The van der Waals surface area contributed by atoms with E-state index < -0.39 is 0 Å². The van der Waals surface area contributed by atoms with Gasteiger partial charge in [-0.1, -0.05) is 23.7 Å². The molecule has 168 valence electrons. The molecule has 1 atom stereocenters.